The van der Waals surface area contributed by atoms with Crippen LogP contribution in [0.15, 0.2) is 66.9 Å². The van der Waals surface area contributed by atoms with Crippen LogP contribution >= 0.6 is 12.6 Å². The van der Waals surface area contributed by atoms with Gasteiger partial charge in [0, 0.05) is 62.2 Å². The van der Waals surface area contributed by atoms with Crippen molar-refractivity contribution in [1.82, 2.24) is 25.8 Å². The summed E-state index contributed by atoms with van der Waals surface area (Å²) in [6.45, 7) is 8.06. The highest BCUT2D eigenvalue weighted by Crippen LogP contribution is 2.42. The Kier molecular flexibility index (Phi) is 12.8. The lowest BCUT2D eigenvalue weighted by molar-refractivity contribution is -0.138. The minimum Gasteiger partial charge on any atom is -0.489 e. The number of anilines is 5. The lowest BCUT2D eigenvalue weighted by Crippen LogP contribution is -2.53. The molecule has 3 aromatic carbocycles. The van der Waals surface area contributed by atoms with Gasteiger partial charge in [0.25, 0.3) is 11.8 Å². The van der Waals surface area contributed by atoms with E-state index in [1.165, 1.54) is 30.1 Å². The quantitative estimate of drug-likeness (QED) is 0.0610. The maximum absolute atomic E-state index is 14.2. The average molecular weight is 859 g/mol. The monoisotopic (exact) mass is 858 g/mol. The van der Waals surface area contributed by atoms with Crippen LogP contribution in [0.2, 0.25) is 0 Å². The zero-order chi connectivity index (χ0) is 43.6. The average Bonchev–Trinajstić information content (AvgIpc) is 3.46. The molecule has 4 amide bonds. The number of ether oxygens (including phenoxy) is 1. The Morgan fingerprint density at radius 2 is 1.74 bits per heavy atom. The van der Waals surface area contributed by atoms with Gasteiger partial charge in [-0.05, 0) is 94.0 Å². The van der Waals surface area contributed by atoms with Gasteiger partial charge in [0.15, 0.2) is 0 Å². The first kappa shape index (κ1) is 43.3. The number of alkyl halides is 3. The number of aryl methyl sites for hydroxylation is 1. The van der Waals surface area contributed by atoms with Crippen LogP contribution < -0.4 is 36.2 Å². The molecular weight excluding hydrogens is 810 g/mol. The Hall–Kier alpha value is -5.81. The smallest absolute Gasteiger partial charge is 0.419 e. The van der Waals surface area contributed by atoms with Gasteiger partial charge in [0.1, 0.15) is 23.0 Å². The molecule has 2 saturated heterocycles. The molecule has 1 aromatic heterocycles. The van der Waals surface area contributed by atoms with Crippen LogP contribution in [0.25, 0.3) is 0 Å². The van der Waals surface area contributed by atoms with Gasteiger partial charge in [-0.3, -0.25) is 24.5 Å². The normalized spacial score (nSPS) is 18.3. The standard InChI is InChI=1S/C44H49F3N8O5S/c1-24(2)60-37-22-36(25(3)19-34(37)52-38-21-33(31(23-50-38)44(45,46)47)51-32-8-6-5-7-29(32)40(57)48-4)54-17-14-27(15-18-54)49-16-13-26-9-10-28-30(20-26)42(59)55(43(28)61)35-11-12-39(56)53-41(35)58/h5-10,19-24,27,35,43,49,61H,11-18H2,1-4H3,(H,48,57)(H2,50,51,52)(H,53,56,58). The number of hydrogen-bond donors (Lipinski definition) is 6. The number of halogens is 3. The Bertz CT molecular complexity index is 2330. The molecule has 3 aliphatic heterocycles. The number of fused-ring (bicyclic) bond motifs is 1. The molecule has 4 aromatic rings. The third-order valence-electron chi connectivity index (χ3n) is 11.2. The topological polar surface area (TPSA) is 157 Å². The molecule has 5 N–H and O–H groups in total. The lowest BCUT2D eigenvalue weighted by Gasteiger charge is -2.35. The van der Waals surface area contributed by atoms with E-state index in [2.05, 4.69) is 49.1 Å². The molecule has 2 unspecified atom stereocenters. The highest BCUT2D eigenvalue weighted by molar-refractivity contribution is 7.80. The van der Waals surface area contributed by atoms with Crippen molar-refractivity contribution in [2.75, 3.05) is 42.2 Å². The van der Waals surface area contributed by atoms with E-state index in [1.54, 1.807) is 12.1 Å². The van der Waals surface area contributed by atoms with Crippen molar-refractivity contribution in [3.8, 4) is 5.75 Å². The summed E-state index contributed by atoms with van der Waals surface area (Å²) in [4.78, 5) is 58.0. The highest BCUT2D eigenvalue weighted by atomic mass is 32.1. The first-order valence-electron chi connectivity index (χ1n) is 20.3. The fraction of sp³-hybridized carbons (Fsp3) is 0.386. The number of amides is 4. The van der Waals surface area contributed by atoms with Crippen molar-refractivity contribution in [3.63, 3.8) is 0 Å². The number of benzene rings is 3. The van der Waals surface area contributed by atoms with E-state index in [1.807, 2.05) is 51.1 Å². The summed E-state index contributed by atoms with van der Waals surface area (Å²) in [6, 6.07) is 16.8. The van der Waals surface area contributed by atoms with E-state index in [9.17, 15) is 32.3 Å². The molecule has 0 aliphatic carbocycles. The van der Waals surface area contributed by atoms with E-state index < -0.39 is 35.0 Å². The maximum Gasteiger partial charge on any atom is 0.419 e. The van der Waals surface area contributed by atoms with Crippen LogP contribution in [-0.2, 0) is 22.2 Å². The predicted octanol–water partition coefficient (Wildman–Crippen LogP) is 7.03. The Morgan fingerprint density at radius 1 is 0.984 bits per heavy atom. The van der Waals surface area contributed by atoms with Crippen LogP contribution in [0.4, 0.5) is 41.7 Å². The molecular formula is C44H49F3N8O5S. The number of para-hydroxylation sites is 1. The van der Waals surface area contributed by atoms with Crippen LogP contribution in [0.3, 0.4) is 0 Å². The Balaban J connectivity index is 0.991. The van der Waals surface area contributed by atoms with Gasteiger partial charge in [-0.25, -0.2) is 4.98 Å². The predicted molar refractivity (Wildman–Crippen MR) is 230 cm³/mol. The van der Waals surface area contributed by atoms with E-state index in [4.69, 9.17) is 4.74 Å². The van der Waals surface area contributed by atoms with Gasteiger partial charge in [0.2, 0.25) is 11.8 Å². The minimum absolute atomic E-state index is 0.146. The van der Waals surface area contributed by atoms with Crippen LogP contribution in [0, 0.1) is 6.92 Å². The minimum atomic E-state index is -4.71. The zero-order valence-corrected chi connectivity index (χ0v) is 35.2. The number of hydrogen-bond acceptors (Lipinski definition) is 11. The van der Waals surface area contributed by atoms with Gasteiger partial charge >= 0.3 is 6.18 Å². The summed E-state index contributed by atoms with van der Waals surface area (Å²) in [7, 11) is 1.45. The van der Waals surface area contributed by atoms with E-state index in [-0.39, 0.29) is 59.6 Å². The number of imide groups is 1. The summed E-state index contributed by atoms with van der Waals surface area (Å²) in [6.07, 6.45) is -1.22. The van der Waals surface area contributed by atoms with E-state index >= 15 is 0 Å². The number of thiol groups is 1. The van der Waals surface area contributed by atoms with E-state index in [0.29, 0.717) is 30.0 Å². The molecule has 0 spiro atoms. The summed E-state index contributed by atoms with van der Waals surface area (Å²) in [5.41, 5.74) is 3.89. The largest absolute Gasteiger partial charge is 0.489 e. The summed E-state index contributed by atoms with van der Waals surface area (Å²) in [5, 5.41) is 13.9. The molecule has 13 nitrogen and oxygen atoms in total. The molecule has 61 heavy (non-hydrogen) atoms. The third kappa shape index (κ3) is 9.57. The maximum atomic E-state index is 14.2. The Morgan fingerprint density at radius 3 is 2.44 bits per heavy atom. The fourth-order valence-corrected chi connectivity index (χ4v) is 8.59. The molecule has 0 bridgehead atoms. The Labute approximate surface area is 357 Å². The fourth-order valence-electron chi connectivity index (χ4n) is 8.10. The molecule has 7 rings (SSSR count). The number of carbonyl (C=O) groups is 4. The van der Waals surface area contributed by atoms with Crippen LogP contribution in [0.5, 0.6) is 5.75 Å². The van der Waals surface area contributed by atoms with Crippen molar-refractivity contribution in [3.05, 3.63) is 100 Å². The van der Waals surface area contributed by atoms with Gasteiger partial charge in [-0.15, -0.1) is 12.6 Å². The second-order valence-corrected chi connectivity index (χ2v) is 16.2. The van der Waals surface area contributed by atoms with Crippen molar-refractivity contribution in [2.45, 2.75) is 82.6 Å². The first-order valence-corrected chi connectivity index (χ1v) is 20.8. The summed E-state index contributed by atoms with van der Waals surface area (Å²) < 4.78 is 48.8. The van der Waals surface area contributed by atoms with Crippen molar-refractivity contribution in [1.29, 1.82) is 0 Å². The second-order valence-electron chi connectivity index (χ2n) is 15.7. The van der Waals surface area contributed by atoms with Crippen LogP contribution in [0.1, 0.15) is 87.9 Å². The molecule has 2 fully saturated rings. The number of rotatable bonds is 13. The van der Waals surface area contributed by atoms with Crippen molar-refractivity contribution < 1.29 is 37.1 Å². The van der Waals surface area contributed by atoms with Crippen molar-refractivity contribution in [2.24, 2.45) is 0 Å². The molecule has 2 atom stereocenters. The second kappa shape index (κ2) is 18.0. The molecule has 0 saturated carbocycles. The van der Waals surface area contributed by atoms with Gasteiger partial charge in [0.05, 0.1) is 34.3 Å². The third-order valence-corrected chi connectivity index (χ3v) is 11.7. The van der Waals surface area contributed by atoms with Gasteiger partial charge in [-0.1, -0.05) is 24.3 Å². The zero-order valence-electron chi connectivity index (χ0n) is 34.3. The number of nitrogens with zero attached hydrogens (tertiary/aromatic N) is 3. The number of aromatic nitrogens is 1. The molecule has 3 aliphatic rings. The molecule has 17 heteroatoms. The van der Waals surface area contributed by atoms with Gasteiger partial charge < -0.3 is 35.8 Å². The van der Waals surface area contributed by atoms with E-state index in [0.717, 1.165) is 54.5 Å². The molecule has 322 valence electrons. The van der Waals surface area contributed by atoms with Crippen LogP contribution in [-0.4, -0.2) is 78.4 Å². The number of carbonyl (C=O) groups excluding carboxylic acids is 4. The molecule has 0 radical (unpaired) electrons. The van der Waals surface area contributed by atoms with Gasteiger partial charge in [-0.2, -0.15) is 13.2 Å². The number of pyridine rings is 1. The SMILES string of the molecule is CNC(=O)c1ccccc1Nc1cc(Nc2cc(C)c(N3CCC(NCCc4ccc5c(c4)C(=O)N(C4CCC(=O)NC4=O)C5S)CC3)cc2OC(C)C)ncc1C(F)(F)F. The molecule has 4 heterocycles. The first-order chi connectivity index (χ1) is 29.1. The summed E-state index contributed by atoms with van der Waals surface area (Å²) in [5.74, 6) is -0.841. The summed E-state index contributed by atoms with van der Waals surface area (Å²) >= 11 is 4.66. The number of piperidine rings is 2. The lowest BCUT2D eigenvalue weighted by atomic mass is 10.0. The van der Waals surface area contributed by atoms with Crippen molar-refractivity contribution >= 4 is 64.8 Å². The highest BCUT2D eigenvalue weighted by Gasteiger charge is 2.43. The number of nitrogens with one attached hydrogen (secondary N) is 5.